The second-order valence-corrected chi connectivity index (χ2v) is 9.28. The number of hydrogen-bond acceptors (Lipinski definition) is 7. The summed E-state index contributed by atoms with van der Waals surface area (Å²) in [5.74, 6) is -7.39. The minimum Gasteiger partial charge on any atom is -0.475 e. The number of carboxylic acid groups (broad SMARTS) is 3. The Kier molecular flexibility index (Phi) is 13.9. The van der Waals surface area contributed by atoms with Gasteiger partial charge in [-0.15, -0.1) is 0 Å². The second-order valence-electron chi connectivity index (χ2n) is 9.28. The van der Waals surface area contributed by atoms with Crippen LogP contribution in [0.3, 0.4) is 0 Å². The van der Waals surface area contributed by atoms with Crippen molar-refractivity contribution < 1.29 is 74.0 Å². The summed E-state index contributed by atoms with van der Waals surface area (Å²) in [6.07, 6.45) is -6.98. The van der Waals surface area contributed by atoms with Crippen LogP contribution in [0.5, 0.6) is 0 Å². The molecular formula is C23H28F9N3O7. The summed E-state index contributed by atoms with van der Waals surface area (Å²) in [4.78, 5) is 36.0. The molecule has 0 spiro atoms. The third-order valence-electron chi connectivity index (χ3n) is 5.81. The molecule has 42 heavy (non-hydrogen) atoms. The highest BCUT2D eigenvalue weighted by atomic mass is 19.4. The SMILES string of the molecule is O=C(O)C(F)(F)F.O=C(O)C(F)(F)F.O=C(O)C(F)(F)F.c1cc(CN2CCN3C[C@H](OCC4CC4)C[C@H]3C2)ccn1. The zero-order valence-electron chi connectivity index (χ0n) is 21.6. The largest absolute Gasteiger partial charge is 0.490 e. The van der Waals surface area contributed by atoms with Gasteiger partial charge >= 0.3 is 36.4 Å². The molecular weight excluding hydrogens is 601 g/mol. The maximum Gasteiger partial charge on any atom is 0.490 e. The van der Waals surface area contributed by atoms with Gasteiger partial charge in [0.2, 0.25) is 0 Å². The van der Waals surface area contributed by atoms with Crippen molar-refractivity contribution >= 4 is 17.9 Å². The molecule has 240 valence electrons. The Morgan fingerprint density at radius 3 is 1.67 bits per heavy atom. The number of fused-ring (bicyclic) bond motifs is 1. The van der Waals surface area contributed by atoms with E-state index < -0.39 is 36.4 Å². The maximum atomic E-state index is 10.6. The van der Waals surface area contributed by atoms with E-state index in [-0.39, 0.29) is 0 Å². The van der Waals surface area contributed by atoms with E-state index in [4.69, 9.17) is 34.4 Å². The number of carbonyl (C=O) groups is 3. The van der Waals surface area contributed by atoms with Crippen molar-refractivity contribution in [2.45, 2.75) is 56.5 Å². The van der Waals surface area contributed by atoms with E-state index in [1.165, 1.54) is 44.5 Å². The van der Waals surface area contributed by atoms with Crippen molar-refractivity contribution in [1.82, 2.24) is 14.8 Å². The van der Waals surface area contributed by atoms with Gasteiger partial charge in [0.15, 0.2) is 0 Å². The van der Waals surface area contributed by atoms with Gasteiger partial charge in [0.05, 0.1) is 6.10 Å². The summed E-state index contributed by atoms with van der Waals surface area (Å²) in [6.45, 7) is 6.77. The maximum absolute atomic E-state index is 10.6. The summed E-state index contributed by atoms with van der Waals surface area (Å²) in [5.41, 5.74) is 1.37. The number of nitrogens with zero attached hydrogens (tertiary/aromatic N) is 3. The first-order chi connectivity index (χ1) is 19.2. The Morgan fingerprint density at radius 1 is 0.810 bits per heavy atom. The van der Waals surface area contributed by atoms with E-state index in [1.54, 1.807) is 0 Å². The van der Waals surface area contributed by atoms with Gasteiger partial charge in [0.1, 0.15) is 0 Å². The molecule has 1 aliphatic carbocycles. The Balaban J connectivity index is 0.000000348. The first-order valence-electron chi connectivity index (χ1n) is 12.1. The number of alkyl halides is 9. The van der Waals surface area contributed by atoms with E-state index in [2.05, 4.69) is 26.9 Å². The molecule has 3 N–H and O–H groups in total. The summed E-state index contributed by atoms with van der Waals surface area (Å²) >= 11 is 0. The molecule has 3 fully saturated rings. The second kappa shape index (κ2) is 15.9. The molecule has 4 rings (SSSR count). The molecule has 10 nitrogen and oxygen atoms in total. The number of aliphatic carboxylic acids is 3. The Bertz CT molecular complexity index is 947. The highest BCUT2D eigenvalue weighted by Gasteiger charge is 2.40. The lowest BCUT2D eigenvalue weighted by Gasteiger charge is -2.37. The predicted molar refractivity (Wildman–Crippen MR) is 123 cm³/mol. The molecule has 1 aromatic rings. The van der Waals surface area contributed by atoms with Crippen LogP contribution in [-0.4, -0.2) is 111 Å². The molecule has 2 saturated heterocycles. The molecule has 2 aliphatic heterocycles. The van der Waals surface area contributed by atoms with Crippen molar-refractivity contribution in [2.24, 2.45) is 5.92 Å². The number of carboxylic acids is 3. The van der Waals surface area contributed by atoms with E-state index in [0.717, 1.165) is 25.6 Å². The van der Waals surface area contributed by atoms with E-state index in [0.29, 0.717) is 12.1 Å². The van der Waals surface area contributed by atoms with Gasteiger partial charge in [-0.25, -0.2) is 14.4 Å². The van der Waals surface area contributed by atoms with Gasteiger partial charge in [0, 0.05) is 57.8 Å². The van der Waals surface area contributed by atoms with Crippen LogP contribution in [0.15, 0.2) is 24.5 Å². The smallest absolute Gasteiger partial charge is 0.475 e. The summed E-state index contributed by atoms with van der Waals surface area (Å²) in [6, 6.07) is 4.95. The number of rotatable bonds is 5. The van der Waals surface area contributed by atoms with Gasteiger partial charge in [0.25, 0.3) is 0 Å². The van der Waals surface area contributed by atoms with E-state index in [1.807, 2.05) is 12.4 Å². The van der Waals surface area contributed by atoms with Crippen LogP contribution in [0, 0.1) is 5.92 Å². The molecule has 19 heteroatoms. The van der Waals surface area contributed by atoms with Crippen LogP contribution in [0.25, 0.3) is 0 Å². The minimum absolute atomic E-state index is 0.483. The lowest BCUT2D eigenvalue weighted by molar-refractivity contribution is -0.193. The number of halogens is 9. The number of ether oxygens (including phenoxy) is 1. The van der Waals surface area contributed by atoms with Crippen molar-refractivity contribution in [3.05, 3.63) is 30.1 Å². The lowest BCUT2D eigenvalue weighted by Crippen LogP contribution is -2.49. The van der Waals surface area contributed by atoms with Crippen molar-refractivity contribution in [3.63, 3.8) is 0 Å². The van der Waals surface area contributed by atoms with Crippen LogP contribution in [0.2, 0.25) is 0 Å². The molecule has 0 radical (unpaired) electrons. The monoisotopic (exact) mass is 629 g/mol. The molecule has 1 saturated carbocycles. The van der Waals surface area contributed by atoms with E-state index in [9.17, 15) is 39.5 Å². The van der Waals surface area contributed by atoms with Crippen molar-refractivity contribution in [3.8, 4) is 0 Å². The quantitative estimate of drug-likeness (QED) is 0.414. The average Bonchev–Trinajstić information content (AvgIpc) is 3.60. The van der Waals surface area contributed by atoms with Crippen LogP contribution in [0.4, 0.5) is 39.5 Å². The molecule has 3 aliphatic rings. The lowest BCUT2D eigenvalue weighted by atomic mass is 10.1. The molecule has 3 heterocycles. The highest BCUT2D eigenvalue weighted by molar-refractivity contribution is 5.73. The zero-order valence-corrected chi connectivity index (χ0v) is 21.6. The van der Waals surface area contributed by atoms with Gasteiger partial charge in [-0.3, -0.25) is 14.8 Å². The van der Waals surface area contributed by atoms with Gasteiger partial charge in [-0.1, -0.05) is 0 Å². The molecule has 1 aromatic heterocycles. The average molecular weight is 629 g/mol. The third-order valence-corrected chi connectivity index (χ3v) is 5.81. The normalized spacial score (nSPS) is 20.9. The van der Waals surface area contributed by atoms with Crippen molar-refractivity contribution in [1.29, 1.82) is 0 Å². The van der Waals surface area contributed by atoms with Gasteiger partial charge in [-0.05, 0) is 42.9 Å². The number of piperazine rings is 1. The summed E-state index contributed by atoms with van der Waals surface area (Å²) < 4.78 is 101. The molecule has 0 amide bonds. The molecule has 0 unspecified atom stereocenters. The van der Waals surface area contributed by atoms with Crippen LogP contribution >= 0.6 is 0 Å². The third kappa shape index (κ3) is 15.2. The number of aromatic nitrogens is 1. The van der Waals surface area contributed by atoms with Crippen LogP contribution in [-0.2, 0) is 25.7 Å². The summed E-state index contributed by atoms with van der Waals surface area (Å²) in [7, 11) is 0. The number of pyridine rings is 1. The fourth-order valence-corrected chi connectivity index (χ4v) is 3.63. The first-order valence-corrected chi connectivity index (χ1v) is 12.1. The zero-order chi connectivity index (χ0) is 32.3. The molecule has 0 bridgehead atoms. The first kappa shape index (κ1) is 36.8. The standard InChI is InChI=1S/C17H25N3O.3C2HF3O2/c1-2-15(1)13-21-17-9-16-11-19(7-8-20(16)12-17)10-14-3-5-18-6-4-14;3*3-2(4,5)1(6)7/h3-6,15-17H,1-2,7-13H2;3*(H,6,7)/t16-,17+;;;/m0.../s1. The topological polar surface area (TPSA) is 140 Å². The van der Waals surface area contributed by atoms with Crippen LogP contribution in [0.1, 0.15) is 24.8 Å². The Morgan fingerprint density at radius 2 is 1.26 bits per heavy atom. The Hall–Kier alpha value is -3.19. The summed E-state index contributed by atoms with van der Waals surface area (Å²) in [5, 5.41) is 21.4. The molecule has 0 aromatic carbocycles. The highest BCUT2D eigenvalue weighted by Crippen LogP contribution is 2.31. The van der Waals surface area contributed by atoms with E-state index >= 15 is 0 Å². The number of hydrogen-bond donors (Lipinski definition) is 3. The fraction of sp³-hybridized carbons (Fsp3) is 0.652. The Labute approximate surface area is 232 Å². The predicted octanol–water partition coefficient (Wildman–Crippen LogP) is 3.67. The minimum atomic E-state index is -5.08. The van der Waals surface area contributed by atoms with Gasteiger partial charge in [-0.2, -0.15) is 39.5 Å². The molecule has 2 atom stereocenters. The van der Waals surface area contributed by atoms with Gasteiger partial charge < -0.3 is 20.1 Å². The fourth-order valence-electron chi connectivity index (χ4n) is 3.63. The van der Waals surface area contributed by atoms with Crippen LogP contribution < -0.4 is 0 Å². The van der Waals surface area contributed by atoms with Crippen molar-refractivity contribution in [2.75, 3.05) is 32.8 Å².